The lowest BCUT2D eigenvalue weighted by molar-refractivity contribution is 0.397. The van der Waals surface area contributed by atoms with Crippen molar-refractivity contribution in [3.63, 3.8) is 0 Å². The normalized spacial score (nSPS) is 12.0. The highest BCUT2D eigenvalue weighted by molar-refractivity contribution is 5.85. The molecule has 1 atom stereocenters. The van der Waals surface area contributed by atoms with Gasteiger partial charge in [-0.1, -0.05) is 6.07 Å². The van der Waals surface area contributed by atoms with Crippen molar-refractivity contribution < 1.29 is 13.9 Å². The summed E-state index contributed by atoms with van der Waals surface area (Å²) >= 11 is 0. The number of benzene rings is 1. The van der Waals surface area contributed by atoms with E-state index in [0.717, 1.165) is 6.07 Å². The first kappa shape index (κ1) is 13.1. The van der Waals surface area contributed by atoms with Gasteiger partial charge in [-0.3, -0.25) is 0 Å². The minimum absolute atomic E-state index is 0. The van der Waals surface area contributed by atoms with Crippen molar-refractivity contribution >= 4 is 12.4 Å². The van der Waals surface area contributed by atoms with Gasteiger partial charge in [0.2, 0.25) is 5.82 Å². The van der Waals surface area contributed by atoms with E-state index in [1.165, 1.54) is 6.07 Å². The minimum atomic E-state index is -1.29. The minimum Gasteiger partial charge on any atom is -0.505 e. The average molecular weight is 225 g/mol. The van der Waals surface area contributed by atoms with Crippen molar-refractivity contribution in [1.82, 2.24) is 0 Å². The second-order valence-corrected chi connectivity index (χ2v) is 2.64. The van der Waals surface area contributed by atoms with Crippen LogP contribution in [0.25, 0.3) is 0 Å². The molecule has 0 saturated heterocycles. The molecule has 0 heterocycles. The van der Waals surface area contributed by atoms with E-state index in [1.807, 2.05) is 0 Å². The standard InChI is InChI=1S/C8H10F2N2O.ClH/c9-5-2-1-4(6(12)3-11)8(13)7(5)10;/h1-2,6,13H,3,11-12H2;1H/t6-;/m1./s1. The number of hydrogen-bond acceptors (Lipinski definition) is 3. The Morgan fingerprint density at radius 2 is 1.93 bits per heavy atom. The van der Waals surface area contributed by atoms with E-state index in [4.69, 9.17) is 16.6 Å². The molecule has 0 spiro atoms. The average Bonchev–Trinajstić information content (AvgIpc) is 2.13. The molecule has 0 amide bonds. The van der Waals surface area contributed by atoms with E-state index in [-0.39, 0.29) is 24.5 Å². The molecule has 0 radical (unpaired) electrons. The smallest absolute Gasteiger partial charge is 0.200 e. The largest absolute Gasteiger partial charge is 0.505 e. The summed E-state index contributed by atoms with van der Waals surface area (Å²) in [5.74, 6) is -3.16. The van der Waals surface area contributed by atoms with Gasteiger partial charge < -0.3 is 16.6 Å². The van der Waals surface area contributed by atoms with E-state index in [1.54, 1.807) is 0 Å². The van der Waals surface area contributed by atoms with Gasteiger partial charge in [0.1, 0.15) is 0 Å². The summed E-state index contributed by atoms with van der Waals surface area (Å²) < 4.78 is 25.3. The fourth-order valence-corrected chi connectivity index (χ4v) is 0.981. The maximum atomic E-state index is 12.8. The summed E-state index contributed by atoms with van der Waals surface area (Å²) in [6.07, 6.45) is 0. The maximum absolute atomic E-state index is 12.8. The molecule has 0 aliphatic carbocycles. The van der Waals surface area contributed by atoms with Crippen LogP contribution >= 0.6 is 12.4 Å². The fourth-order valence-electron chi connectivity index (χ4n) is 0.981. The zero-order valence-corrected chi connectivity index (χ0v) is 8.02. The van der Waals surface area contributed by atoms with E-state index in [0.29, 0.717) is 0 Å². The first-order chi connectivity index (χ1) is 6.07. The molecule has 1 rings (SSSR count). The van der Waals surface area contributed by atoms with Crippen LogP contribution in [0.5, 0.6) is 5.75 Å². The van der Waals surface area contributed by atoms with Gasteiger partial charge in [0.25, 0.3) is 0 Å². The Balaban J connectivity index is 0.00000169. The molecule has 0 fully saturated rings. The molecular weight excluding hydrogens is 214 g/mol. The molecule has 14 heavy (non-hydrogen) atoms. The first-order valence-electron chi connectivity index (χ1n) is 3.70. The van der Waals surface area contributed by atoms with E-state index in [9.17, 15) is 8.78 Å². The molecule has 80 valence electrons. The molecule has 1 aromatic carbocycles. The first-order valence-corrected chi connectivity index (χ1v) is 3.70. The van der Waals surface area contributed by atoms with Crippen LogP contribution in [0, 0.1) is 11.6 Å². The molecule has 5 N–H and O–H groups in total. The second-order valence-electron chi connectivity index (χ2n) is 2.64. The van der Waals surface area contributed by atoms with Gasteiger partial charge in [-0.15, -0.1) is 12.4 Å². The summed E-state index contributed by atoms with van der Waals surface area (Å²) in [6, 6.07) is 1.43. The number of hydrogen-bond donors (Lipinski definition) is 3. The quantitative estimate of drug-likeness (QED) is 0.703. The van der Waals surface area contributed by atoms with Crippen molar-refractivity contribution in [2.45, 2.75) is 6.04 Å². The summed E-state index contributed by atoms with van der Waals surface area (Å²) in [7, 11) is 0. The molecule has 1 aromatic rings. The van der Waals surface area contributed by atoms with E-state index in [2.05, 4.69) is 0 Å². The number of nitrogens with two attached hydrogens (primary N) is 2. The van der Waals surface area contributed by atoms with Gasteiger partial charge in [0.05, 0.1) is 0 Å². The van der Waals surface area contributed by atoms with Crippen molar-refractivity contribution in [3.8, 4) is 5.75 Å². The molecule has 6 heteroatoms. The highest BCUT2D eigenvalue weighted by atomic mass is 35.5. The van der Waals surface area contributed by atoms with Gasteiger partial charge in [-0.05, 0) is 6.07 Å². The Morgan fingerprint density at radius 1 is 1.36 bits per heavy atom. The Morgan fingerprint density at radius 3 is 2.43 bits per heavy atom. The maximum Gasteiger partial charge on any atom is 0.200 e. The predicted molar refractivity (Wildman–Crippen MR) is 51.3 cm³/mol. The van der Waals surface area contributed by atoms with Crippen LogP contribution in [0.1, 0.15) is 11.6 Å². The number of rotatable bonds is 2. The van der Waals surface area contributed by atoms with Crippen molar-refractivity contribution in [3.05, 3.63) is 29.3 Å². The van der Waals surface area contributed by atoms with Crippen LogP contribution in [0.15, 0.2) is 12.1 Å². The molecule has 3 nitrogen and oxygen atoms in total. The van der Waals surface area contributed by atoms with Gasteiger partial charge in [0.15, 0.2) is 11.6 Å². The molecule has 0 aliphatic rings. The second kappa shape index (κ2) is 5.09. The van der Waals surface area contributed by atoms with Crippen LogP contribution in [-0.4, -0.2) is 11.7 Å². The molecule has 0 bridgehead atoms. The number of phenols is 1. The summed E-state index contributed by atoms with van der Waals surface area (Å²) in [5.41, 5.74) is 10.8. The zero-order valence-electron chi connectivity index (χ0n) is 7.21. The number of aromatic hydroxyl groups is 1. The Labute approximate surface area is 86.1 Å². The fraction of sp³-hybridized carbons (Fsp3) is 0.250. The Hall–Kier alpha value is -0.910. The molecule has 0 aliphatic heterocycles. The molecule has 0 saturated carbocycles. The van der Waals surface area contributed by atoms with Gasteiger partial charge in [0, 0.05) is 18.2 Å². The van der Waals surface area contributed by atoms with Crippen LogP contribution in [-0.2, 0) is 0 Å². The summed E-state index contributed by atoms with van der Waals surface area (Å²) in [4.78, 5) is 0. The Bertz CT molecular complexity index is 322. The van der Waals surface area contributed by atoms with Gasteiger partial charge >= 0.3 is 0 Å². The third-order valence-corrected chi connectivity index (χ3v) is 1.75. The Kier molecular flexibility index (Phi) is 4.76. The van der Waals surface area contributed by atoms with Crippen LogP contribution < -0.4 is 11.5 Å². The van der Waals surface area contributed by atoms with Crippen LogP contribution in [0.2, 0.25) is 0 Å². The van der Waals surface area contributed by atoms with Crippen molar-refractivity contribution in [1.29, 1.82) is 0 Å². The van der Waals surface area contributed by atoms with E-state index >= 15 is 0 Å². The predicted octanol–water partition coefficient (Wildman–Crippen LogP) is 1.05. The number of halogens is 3. The summed E-state index contributed by atoms with van der Waals surface area (Å²) in [5, 5.41) is 9.13. The van der Waals surface area contributed by atoms with Crippen LogP contribution in [0.3, 0.4) is 0 Å². The van der Waals surface area contributed by atoms with Gasteiger partial charge in [-0.2, -0.15) is 4.39 Å². The highest BCUT2D eigenvalue weighted by Gasteiger charge is 2.16. The zero-order chi connectivity index (χ0) is 10.0. The molecule has 0 aromatic heterocycles. The lowest BCUT2D eigenvalue weighted by Crippen LogP contribution is -2.21. The SMILES string of the molecule is Cl.NC[C@@H](N)c1ccc(F)c(F)c1O. The van der Waals surface area contributed by atoms with Gasteiger partial charge in [-0.25, -0.2) is 4.39 Å². The summed E-state index contributed by atoms with van der Waals surface area (Å²) in [6.45, 7) is 0.0542. The third kappa shape index (κ3) is 2.31. The van der Waals surface area contributed by atoms with Crippen LogP contribution in [0.4, 0.5) is 8.78 Å². The highest BCUT2D eigenvalue weighted by Crippen LogP contribution is 2.26. The molecular formula is C8H11ClF2N2O. The van der Waals surface area contributed by atoms with Crippen molar-refractivity contribution in [2.75, 3.05) is 6.54 Å². The monoisotopic (exact) mass is 224 g/mol. The third-order valence-electron chi connectivity index (χ3n) is 1.75. The number of phenolic OH excluding ortho intramolecular Hbond substituents is 1. The lowest BCUT2D eigenvalue weighted by atomic mass is 10.1. The van der Waals surface area contributed by atoms with Crippen molar-refractivity contribution in [2.24, 2.45) is 11.5 Å². The lowest BCUT2D eigenvalue weighted by Gasteiger charge is -2.11. The molecule has 0 unspecified atom stereocenters. The topological polar surface area (TPSA) is 72.3 Å². The van der Waals surface area contributed by atoms with E-state index < -0.39 is 23.4 Å².